The van der Waals surface area contributed by atoms with Gasteiger partial charge in [0.05, 0.1) is 11.2 Å². The van der Waals surface area contributed by atoms with Gasteiger partial charge in [0.1, 0.15) is 0 Å². The van der Waals surface area contributed by atoms with Crippen molar-refractivity contribution in [2.45, 2.75) is 20.3 Å². The Labute approximate surface area is 82.4 Å². The van der Waals surface area contributed by atoms with Gasteiger partial charge in [-0.15, -0.1) is 0 Å². The molecule has 0 aromatic carbocycles. The summed E-state index contributed by atoms with van der Waals surface area (Å²) in [5.41, 5.74) is 3.66. The van der Waals surface area contributed by atoms with Crippen LogP contribution in [0.5, 0.6) is 0 Å². The Morgan fingerprint density at radius 1 is 1.50 bits per heavy atom. The van der Waals surface area contributed by atoms with Crippen LogP contribution in [0.15, 0.2) is 18.2 Å². The number of rotatable bonds is 2. The van der Waals surface area contributed by atoms with E-state index < -0.39 is 0 Å². The van der Waals surface area contributed by atoms with Crippen molar-refractivity contribution in [2.24, 2.45) is 0 Å². The highest BCUT2D eigenvalue weighted by molar-refractivity contribution is 5.86. The fourth-order valence-electron chi connectivity index (χ4n) is 1.54. The molecule has 2 heterocycles. The molecule has 0 aliphatic heterocycles. The van der Waals surface area contributed by atoms with Crippen molar-refractivity contribution in [1.29, 1.82) is 0 Å². The smallest absolute Gasteiger partial charge is 0.152 e. The van der Waals surface area contributed by atoms with Crippen molar-refractivity contribution >= 4 is 11.8 Å². The Kier molecular flexibility index (Phi) is 2.08. The van der Waals surface area contributed by atoms with Crippen LogP contribution in [0.2, 0.25) is 0 Å². The molecule has 2 aromatic heterocycles. The molecule has 3 heteroatoms. The van der Waals surface area contributed by atoms with Crippen molar-refractivity contribution < 1.29 is 4.79 Å². The summed E-state index contributed by atoms with van der Waals surface area (Å²) in [6.07, 6.45) is 1.76. The number of pyridine rings is 1. The summed E-state index contributed by atoms with van der Waals surface area (Å²) in [6, 6.07) is 5.71. The minimum Gasteiger partial charge on any atom is -0.298 e. The number of carbonyl (C=O) groups is 1. The zero-order valence-electron chi connectivity index (χ0n) is 8.32. The number of nitrogens with zero attached hydrogens (tertiary/aromatic N) is 2. The lowest BCUT2D eigenvalue weighted by Gasteiger charge is -1.99. The van der Waals surface area contributed by atoms with Gasteiger partial charge in [0, 0.05) is 11.3 Å². The average Bonchev–Trinajstić information content (AvgIpc) is 2.63. The fourth-order valence-corrected chi connectivity index (χ4v) is 1.54. The quantitative estimate of drug-likeness (QED) is 0.676. The van der Waals surface area contributed by atoms with Crippen LogP contribution in [0, 0.1) is 6.92 Å². The number of hydrogen-bond acceptors (Lipinski definition) is 2. The van der Waals surface area contributed by atoms with Crippen LogP contribution in [-0.2, 0) is 6.42 Å². The molecular weight excluding hydrogens is 176 g/mol. The molecule has 0 bridgehead atoms. The van der Waals surface area contributed by atoms with Gasteiger partial charge in [0.2, 0.25) is 0 Å². The SMILES string of the molecule is CCc1cc2c(C=O)ccc(C)n2n1. The molecular formula is C11H12N2O. The van der Waals surface area contributed by atoms with Crippen molar-refractivity contribution in [3.8, 4) is 0 Å². The Morgan fingerprint density at radius 2 is 2.29 bits per heavy atom. The van der Waals surface area contributed by atoms with Crippen LogP contribution in [0.1, 0.15) is 28.7 Å². The molecule has 0 fully saturated rings. The maximum Gasteiger partial charge on any atom is 0.152 e. The highest BCUT2D eigenvalue weighted by atomic mass is 16.1. The first kappa shape index (κ1) is 8.94. The molecule has 14 heavy (non-hydrogen) atoms. The lowest BCUT2D eigenvalue weighted by molar-refractivity contribution is 0.112. The van der Waals surface area contributed by atoms with E-state index in [1.54, 1.807) is 0 Å². The summed E-state index contributed by atoms with van der Waals surface area (Å²) in [5.74, 6) is 0. The van der Waals surface area contributed by atoms with E-state index in [2.05, 4.69) is 12.0 Å². The number of carbonyl (C=O) groups excluding carboxylic acids is 1. The predicted octanol–water partition coefficient (Wildman–Crippen LogP) is 2.02. The molecule has 2 aromatic rings. The summed E-state index contributed by atoms with van der Waals surface area (Å²) in [5, 5.41) is 4.40. The fraction of sp³-hybridized carbons (Fsp3) is 0.273. The van der Waals surface area contributed by atoms with E-state index in [4.69, 9.17) is 0 Å². The van der Waals surface area contributed by atoms with Gasteiger partial charge in [-0.05, 0) is 31.5 Å². The summed E-state index contributed by atoms with van der Waals surface area (Å²) in [6.45, 7) is 4.03. The molecule has 0 aliphatic carbocycles. The minimum absolute atomic E-state index is 0.697. The van der Waals surface area contributed by atoms with E-state index in [1.165, 1.54) is 0 Å². The molecule has 0 aliphatic rings. The first-order valence-electron chi connectivity index (χ1n) is 4.69. The minimum atomic E-state index is 0.697. The van der Waals surface area contributed by atoms with Crippen LogP contribution in [0.4, 0.5) is 0 Å². The Hall–Kier alpha value is -1.64. The normalized spacial score (nSPS) is 10.7. The molecule has 0 N–H and O–H groups in total. The van der Waals surface area contributed by atoms with Gasteiger partial charge in [-0.3, -0.25) is 4.79 Å². The van der Waals surface area contributed by atoms with Crippen molar-refractivity contribution in [3.05, 3.63) is 35.2 Å². The Bertz CT molecular complexity index is 485. The van der Waals surface area contributed by atoms with Gasteiger partial charge in [0.15, 0.2) is 6.29 Å². The highest BCUT2D eigenvalue weighted by Gasteiger charge is 2.05. The molecule has 3 nitrogen and oxygen atoms in total. The average molecular weight is 188 g/mol. The monoisotopic (exact) mass is 188 g/mol. The Morgan fingerprint density at radius 3 is 2.93 bits per heavy atom. The number of hydrogen-bond donors (Lipinski definition) is 0. The molecule has 0 unspecified atom stereocenters. The number of fused-ring (bicyclic) bond motifs is 1. The van der Waals surface area contributed by atoms with Crippen molar-refractivity contribution in [1.82, 2.24) is 9.61 Å². The van der Waals surface area contributed by atoms with E-state index in [1.807, 2.05) is 29.6 Å². The van der Waals surface area contributed by atoms with Gasteiger partial charge < -0.3 is 0 Å². The standard InChI is InChI=1S/C11H12N2O/c1-3-10-6-11-9(7-14)5-4-8(2)13(11)12-10/h4-7H,3H2,1-2H3. The number of aldehydes is 1. The van der Waals surface area contributed by atoms with Crippen molar-refractivity contribution in [3.63, 3.8) is 0 Å². The maximum atomic E-state index is 10.8. The Balaban J connectivity index is 2.81. The first-order chi connectivity index (χ1) is 6.76. The second-order valence-electron chi connectivity index (χ2n) is 3.33. The van der Waals surface area contributed by atoms with E-state index >= 15 is 0 Å². The van der Waals surface area contributed by atoms with E-state index in [0.717, 1.165) is 29.6 Å². The van der Waals surface area contributed by atoms with Crippen LogP contribution in [0.3, 0.4) is 0 Å². The molecule has 0 radical (unpaired) electrons. The number of aromatic nitrogens is 2. The molecule has 0 saturated heterocycles. The third-order valence-corrected chi connectivity index (χ3v) is 2.38. The number of aryl methyl sites for hydroxylation is 2. The second kappa shape index (κ2) is 3.25. The zero-order valence-corrected chi connectivity index (χ0v) is 8.32. The van der Waals surface area contributed by atoms with Gasteiger partial charge in [0.25, 0.3) is 0 Å². The van der Waals surface area contributed by atoms with E-state index in [-0.39, 0.29) is 0 Å². The molecule has 72 valence electrons. The maximum absolute atomic E-state index is 10.8. The highest BCUT2D eigenvalue weighted by Crippen LogP contribution is 2.13. The van der Waals surface area contributed by atoms with Crippen LogP contribution < -0.4 is 0 Å². The van der Waals surface area contributed by atoms with E-state index in [0.29, 0.717) is 5.56 Å². The molecule has 2 rings (SSSR count). The van der Waals surface area contributed by atoms with Crippen LogP contribution >= 0.6 is 0 Å². The third kappa shape index (κ3) is 1.21. The van der Waals surface area contributed by atoms with Crippen molar-refractivity contribution in [2.75, 3.05) is 0 Å². The molecule has 0 saturated carbocycles. The zero-order chi connectivity index (χ0) is 10.1. The van der Waals surface area contributed by atoms with Crippen LogP contribution in [-0.4, -0.2) is 15.9 Å². The molecule has 0 amide bonds. The van der Waals surface area contributed by atoms with Crippen LogP contribution in [0.25, 0.3) is 5.52 Å². The lowest BCUT2D eigenvalue weighted by Crippen LogP contribution is -1.96. The summed E-state index contributed by atoms with van der Waals surface area (Å²) in [7, 11) is 0. The van der Waals surface area contributed by atoms with Gasteiger partial charge in [-0.2, -0.15) is 5.10 Å². The van der Waals surface area contributed by atoms with Gasteiger partial charge in [-0.25, -0.2) is 4.52 Å². The summed E-state index contributed by atoms with van der Waals surface area (Å²) in [4.78, 5) is 10.8. The van der Waals surface area contributed by atoms with Gasteiger partial charge >= 0.3 is 0 Å². The molecule has 0 spiro atoms. The second-order valence-corrected chi connectivity index (χ2v) is 3.33. The summed E-state index contributed by atoms with van der Waals surface area (Å²) < 4.78 is 1.82. The molecule has 0 atom stereocenters. The lowest BCUT2D eigenvalue weighted by atomic mass is 10.2. The summed E-state index contributed by atoms with van der Waals surface area (Å²) >= 11 is 0. The van der Waals surface area contributed by atoms with E-state index in [9.17, 15) is 4.79 Å². The first-order valence-corrected chi connectivity index (χ1v) is 4.69. The largest absolute Gasteiger partial charge is 0.298 e. The van der Waals surface area contributed by atoms with Gasteiger partial charge in [-0.1, -0.05) is 6.92 Å². The topological polar surface area (TPSA) is 34.4 Å². The predicted molar refractivity (Wildman–Crippen MR) is 54.7 cm³/mol. The third-order valence-electron chi connectivity index (χ3n) is 2.38.